The number of sulfonamides is 1. The standard InChI is InChI=1S/C11H13Cl2NO4S/c1-3-18-11(15)7(2)14-19(16,17)10-6-8(12)4-5-9(10)13/h4-7,14H,3H2,1-2H3. The van der Waals surface area contributed by atoms with Crippen LogP contribution in [0.5, 0.6) is 0 Å². The number of carbonyl (C=O) groups is 1. The van der Waals surface area contributed by atoms with E-state index in [1.54, 1.807) is 6.92 Å². The molecule has 0 heterocycles. The molecule has 1 aromatic rings. The molecule has 1 atom stereocenters. The second-order valence-corrected chi connectivity index (χ2v) is 6.20. The third-order valence-electron chi connectivity index (χ3n) is 2.15. The molecular weight excluding hydrogens is 313 g/mol. The average molecular weight is 326 g/mol. The zero-order valence-corrected chi connectivity index (χ0v) is 12.6. The van der Waals surface area contributed by atoms with E-state index in [9.17, 15) is 13.2 Å². The van der Waals surface area contributed by atoms with Crippen LogP contribution in [-0.4, -0.2) is 27.0 Å². The summed E-state index contributed by atoms with van der Waals surface area (Å²) in [6, 6.07) is 3.04. The van der Waals surface area contributed by atoms with E-state index in [1.165, 1.54) is 25.1 Å². The van der Waals surface area contributed by atoms with Gasteiger partial charge in [-0.15, -0.1) is 0 Å². The second-order valence-electron chi connectivity index (χ2n) is 3.67. The number of hydrogen-bond acceptors (Lipinski definition) is 4. The Morgan fingerprint density at radius 2 is 2.05 bits per heavy atom. The SMILES string of the molecule is CCOC(=O)C(C)NS(=O)(=O)c1cc(Cl)ccc1Cl. The van der Waals surface area contributed by atoms with Crippen molar-refractivity contribution in [2.45, 2.75) is 24.8 Å². The second kappa shape index (κ2) is 6.56. The van der Waals surface area contributed by atoms with Crippen LogP contribution in [0.3, 0.4) is 0 Å². The Hall–Kier alpha value is -0.820. The van der Waals surface area contributed by atoms with E-state index in [2.05, 4.69) is 4.72 Å². The highest BCUT2D eigenvalue weighted by Gasteiger charge is 2.24. The summed E-state index contributed by atoms with van der Waals surface area (Å²) in [6.45, 7) is 3.18. The largest absolute Gasteiger partial charge is 0.465 e. The maximum Gasteiger partial charge on any atom is 0.323 e. The van der Waals surface area contributed by atoms with Gasteiger partial charge >= 0.3 is 5.97 Å². The molecule has 0 fully saturated rings. The lowest BCUT2D eigenvalue weighted by atomic mass is 10.4. The Morgan fingerprint density at radius 1 is 1.42 bits per heavy atom. The molecule has 1 N–H and O–H groups in total. The molecule has 0 aliphatic carbocycles. The minimum atomic E-state index is -3.94. The summed E-state index contributed by atoms with van der Waals surface area (Å²) in [5, 5.41) is 0.251. The van der Waals surface area contributed by atoms with Gasteiger partial charge < -0.3 is 4.74 Å². The molecule has 5 nitrogen and oxygen atoms in total. The first kappa shape index (κ1) is 16.2. The van der Waals surface area contributed by atoms with Crippen LogP contribution >= 0.6 is 23.2 Å². The highest BCUT2D eigenvalue weighted by molar-refractivity contribution is 7.89. The van der Waals surface area contributed by atoms with E-state index in [0.29, 0.717) is 0 Å². The molecule has 0 saturated heterocycles. The summed E-state index contributed by atoms with van der Waals surface area (Å²) in [7, 11) is -3.94. The molecule has 19 heavy (non-hydrogen) atoms. The molecule has 106 valence electrons. The van der Waals surface area contributed by atoms with E-state index in [0.717, 1.165) is 0 Å². The summed E-state index contributed by atoms with van der Waals surface area (Å²) >= 11 is 11.5. The summed E-state index contributed by atoms with van der Waals surface area (Å²) < 4.78 is 31.0. The van der Waals surface area contributed by atoms with Gasteiger partial charge in [-0.2, -0.15) is 4.72 Å². The fraction of sp³-hybridized carbons (Fsp3) is 0.364. The topological polar surface area (TPSA) is 72.5 Å². The third kappa shape index (κ3) is 4.35. The molecule has 1 rings (SSSR count). The van der Waals surface area contributed by atoms with Crippen molar-refractivity contribution >= 4 is 39.2 Å². The van der Waals surface area contributed by atoms with E-state index in [1.807, 2.05) is 0 Å². The van der Waals surface area contributed by atoms with Crippen LogP contribution in [0.25, 0.3) is 0 Å². The summed E-state index contributed by atoms with van der Waals surface area (Å²) in [5.74, 6) is -0.663. The number of ether oxygens (including phenoxy) is 1. The maximum absolute atomic E-state index is 12.1. The van der Waals surface area contributed by atoms with Crippen molar-refractivity contribution in [2.75, 3.05) is 6.61 Å². The molecule has 0 amide bonds. The Balaban J connectivity index is 2.99. The van der Waals surface area contributed by atoms with Crippen molar-refractivity contribution in [3.63, 3.8) is 0 Å². The minimum absolute atomic E-state index is 0.0213. The zero-order chi connectivity index (χ0) is 14.6. The van der Waals surface area contributed by atoms with Crippen LogP contribution < -0.4 is 4.72 Å². The molecular formula is C11H13Cl2NO4S. The van der Waals surface area contributed by atoms with Crippen LogP contribution in [0.15, 0.2) is 23.1 Å². The number of benzene rings is 1. The van der Waals surface area contributed by atoms with Gasteiger partial charge in [-0.1, -0.05) is 23.2 Å². The van der Waals surface area contributed by atoms with E-state index in [-0.39, 0.29) is 21.5 Å². The van der Waals surface area contributed by atoms with Crippen LogP contribution in [0.2, 0.25) is 10.0 Å². The zero-order valence-electron chi connectivity index (χ0n) is 10.3. The predicted molar refractivity (Wildman–Crippen MR) is 72.9 cm³/mol. The van der Waals surface area contributed by atoms with Gasteiger partial charge in [0.1, 0.15) is 10.9 Å². The first-order valence-electron chi connectivity index (χ1n) is 5.42. The maximum atomic E-state index is 12.1. The number of carbonyl (C=O) groups excluding carboxylic acids is 1. The van der Waals surface area contributed by atoms with Crippen molar-refractivity contribution in [3.05, 3.63) is 28.2 Å². The van der Waals surface area contributed by atoms with Crippen molar-refractivity contribution in [1.29, 1.82) is 0 Å². The molecule has 0 radical (unpaired) electrons. The highest BCUT2D eigenvalue weighted by atomic mass is 35.5. The predicted octanol–water partition coefficient (Wildman–Crippen LogP) is 2.22. The first-order valence-corrected chi connectivity index (χ1v) is 7.66. The van der Waals surface area contributed by atoms with Gasteiger partial charge in [0.2, 0.25) is 10.0 Å². The van der Waals surface area contributed by atoms with Gasteiger partial charge in [-0.25, -0.2) is 8.42 Å². The fourth-order valence-corrected chi connectivity index (χ4v) is 3.25. The lowest BCUT2D eigenvalue weighted by molar-refractivity contribution is -0.144. The van der Waals surface area contributed by atoms with Crippen molar-refractivity contribution in [1.82, 2.24) is 4.72 Å². The Bertz CT molecular complexity index is 574. The number of halogens is 2. The highest BCUT2D eigenvalue weighted by Crippen LogP contribution is 2.24. The quantitative estimate of drug-likeness (QED) is 0.842. The minimum Gasteiger partial charge on any atom is -0.465 e. The van der Waals surface area contributed by atoms with Crippen molar-refractivity contribution in [3.8, 4) is 0 Å². The molecule has 1 aromatic carbocycles. The van der Waals surface area contributed by atoms with Crippen LogP contribution in [0, 0.1) is 0 Å². The number of esters is 1. The van der Waals surface area contributed by atoms with Crippen LogP contribution in [-0.2, 0) is 19.6 Å². The third-order valence-corrected chi connectivity index (χ3v) is 4.41. The summed E-state index contributed by atoms with van der Waals surface area (Å²) in [6.07, 6.45) is 0. The van der Waals surface area contributed by atoms with E-state index in [4.69, 9.17) is 27.9 Å². The van der Waals surface area contributed by atoms with Gasteiger partial charge in [0, 0.05) is 5.02 Å². The molecule has 0 bridgehead atoms. The first-order chi connectivity index (χ1) is 8.77. The van der Waals surface area contributed by atoms with Crippen molar-refractivity contribution < 1.29 is 17.9 Å². The molecule has 0 spiro atoms. The average Bonchev–Trinajstić information content (AvgIpc) is 2.31. The lowest BCUT2D eigenvalue weighted by Gasteiger charge is -2.14. The lowest BCUT2D eigenvalue weighted by Crippen LogP contribution is -2.39. The number of nitrogens with one attached hydrogen (secondary N) is 1. The molecule has 8 heteroatoms. The van der Waals surface area contributed by atoms with Crippen LogP contribution in [0.4, 0.5) is 0 Å². The van der Waals surface area contributed by atoms with Gasteiger partial charge in [0.25, 0.3) is 0 Å². The summed E-state index contributed by atoms with van der Waals surface area (Å²) in [4.78, 5) is 11.2. The van der Waals surface area contributed by atoms with Gasteiger partial charge in [-0.05, 0) is 32.0 Å². The molecule has 1 unspecified atom stereocenters. The van der Waals surface area contributed by atoms with Crippen LogP contribution in [0.1, 0.15) is 13.8 Å². The summed E-state index contributed by atoms with van der Waals surface area (Å²) in [5.41, 5.74) is 0. The van der Waals surface area contributed by atoms with Gasteiger partial charge in [0.15, 0.2) is 0 Å². The molecule has 0 aliphatic heterocycles. The number of hydrogen-bond donors (Lipinski definition) is 1. The Morgan fingerprint density at radius 3 is 2.63 bits per heavy atom. The smallest absolute Gasteiger partial charge is 0.323 e. The molecule has 0 saturated carbocycles. The monoisotopic (exact) mass is 325 g/mol. The van der Waals surface area contributed by atoms with E-state index >= 15 is 0 Å². The van der Waals surface area contributed by atoms with Gasteiger partial charge in [0.05, 0.1) is 11.6 Å². The van der Waals surface area contributed by atoms with E-state index < -0.39 is 22.0 Å². The van der Waals surface area contributed by atoms with Gasteiger partial charge in [-0.3, -0.25) is 4.79 Å². The fourth-order valence-electron chi connectivity index (χ4n) is 1.29. The molecule has 0 aromatic heterocycles. The van der Waals surface area contributed by atoms with Crippen molar-refractivity contribution in [2.24, 2.45) is 0 Å². The number of rotatable bonds is 5. The Kier molecular flexibility index (Phi) is 5.61. The normalized spacial score (nSPS) is 13.1. The molecule has 0 aliphatic rings. The Labute approximate surface area is 121 Å².